The topological polar surface area (TPSA) is 111 Å². The zero-order valence-electron chi connectivity index (χ0n) is 18.0. The van der Waals surface area contributed by atoms with Crippen LogP contribution in [0.1, 0.15) is 45.7 Å². The van der Waals surface area contributed by atoms with Crippen molar-refractivity contribution in [3.63, 3.8) is 0 Å². The number of carbonyl (C=O) groups excluding carboxylic acids is 2. The molecule has 0 bridgehead atoms. The quantitative estimate of drug-likeness (QED) is 0.748. The summed E-state index contributed by atoms with van der Waals surface area (Å²) in [6.45, 7) is 5.49. The van der Waals surface area contributed by atoms with E-state index in [-0.39, 0.29) is 24.8 Å². The molecule has 3 rings (SSSR count). The maximum absolute atomic E-state index is 13.2. The van der Waals surface area contributed by atoms with Crippen molar-refractivity contribution in [3.8, 4) is 6.07 Å². The van der Waals surface area contributed by atoms with Crippen LogP contribution in [0.15, 0.2) is 12.3 Å². The van der Waals surface area contributed by atoms with Gasteiger partial charge in [0, 0.05) is 25.3 Å². The van der Waals surface area contributed by atoms with Crippen molar-refractivity contribution in [2.45, 2.75) is 69.9 Å². The van der Waals surface area contributed by atoms with Gasteiger partial charge in [-0.15, -0.1) is 0 Å². The van der Waals surface area contributed by atoms with E-state index < -0.39 is 41.7 Å². The minimum Gasteiger partial charge on any atom is -0.444 e. The number of alkyl halides is 3. The van der Waals surface area contributed by atoms with E-state index in [1.54, 1.807) is 20.8 Å². The zero-order valence-corrected chi connectivity index (χ0v) is 18.0. The van der Waals surface area contributed by atoms with E-state index in [2.05, 4.69) is 21.4 Å². The largest absolute Gasteiger partial charge is 0.444 e. The summed E-state index contributed by atoms with van der Waals surface area (Å²) in [6, 6.07) is 0.796. The third-order valence-corrected chi connectivity index (χ3v) is 5.18. The van der Waals surface area contributed by atoms with Crippen LogP contribution in [-0.4, -0.2) is 68.6 Å². The molecule has 9 nitrogen and oxygen atoms in total. The molecule has 0 spiro atoms. The van der Waals surface area contributed by atoms with E-state index in [4.69, 9.17) is 4.74 Å². The number of anilines is 1. The van der Waals surface area contributed by atoms with Crippen LogP contribution in [-0.2, 0) is 15.7 Å². The molecule has 2 aliphatic rings. The number of amides is 2. The normalized spacial score (nSPS) is 23.7. The van der Waals surface area contributed by atoms with E-state index in [0.717, 1.165) is 12.3 Å². The number of hydrogen-bond acceptors (Lipinski definition) is 7. The second-order valence-electron chi connectivity index (χ2n) is 8.81. The molecule has 32 heavy (non-hydrogen) atoms. The molecular formula is C20H25F3N6O3. The maximum atomic E-state index is 13.2. The van der Waals surface area contributed by atoms with Crippen molar-refractivity contribution >= 4 is 17.9 Å². The van der Waals surface area contributed by atoms with Gasteiger partial charge in [0.2, 0.25) is 11.9 Å². The van der Waals surface area contributed by atoms with Gasteiger partial charge in [-0.3, -0.25) is 9.69 Å². The fraction of sp³-hybridized carbons (Fsp3) is 0.650. The summed E-state index contributed by atoms with van der Waals surface area (Å²) in [4.78, 5) is 36.0. The Bertz CT molecular complexity index is 911. The highest BCUT2D eigenvalue weighted by molar-refractivity contribution is 5.87. The van der Waals surface area contributed by atoms with E-state index >= 15 is 0 Å². The molecule has 0 aliphatic carbocycles. The molecule has 1 aromatic rings. The number of carbonyl (C=O) groups is 2. The highest BCUT2D eigenvalue weighted by Gasteiger charge is 2.45. The van der Waals surface area contributed by atoms with Crippen molar-refractivity contribution in [1.29, 1.82) is 5.26 Å². The predicted molar refractivity (Wildman–Crippen MR) is 106 cm³/mol. The third-order valence-electron chi connectivity index (χ3n) is 5.18. The van der Waals surface area contributed by atoms with Gasteiger partial charge in [-0.05, 0) is 46.1 Å². The molecule has 174 valence electrons. The number of hydrogen-bond donors (Lipinski definition) is 1. The average Bonchev–Trinajstić information content (AvgIpc) is 3.32. The Morgan fingerprint density at radius 1 is 1.28 bits per heavy atom. The van der Waals surface area contributed by atoms with Crippen molar-refractivity contribution in [2.24, 2.45) is 0 Å². The minimum atomic E-state index is -4.63. The Hall–Kier alpha value is -3.10. The van der Waals surface area contributed by atoms with Gasteiger partial charge in [-0.1, -0.05) is 0 Å². The Balaban J connectivity index is 1.81. The van der Waals surface area contributed by atoms with Crippen LogP contribution in [0.4, 0.5) is 23.9 Å². The molecule has 3 atom stereocenters. The van der Waals surface area contributed by atoms with E-state index in [9.17, 15) is 28.0 Å². The summed E-state index contributed by atoms with van der Waals surface area (Å²) in [5.74, 6) is -0.632. The molecule has 2 aliphatic heterocycles. The second-order valence-corrected chi connectivity index (χ2v) is 8.81. The van der Waals surface area contributed by atoms with Crippen LogP contribution in [0.2, 0.25) is 0 Å². The van der Waals surface area contributed by atoms with Crippen LogP contribution < -0.4 is 5.32 Å². The molecular weight excluding hydrogens is 429 g/mol. The minimum absolute atomic E-state index is 0.00991. The first-order valence-corrected chi connectivity index (χ1v) is 10.3. The SMILES string of the molecule is CC(C)(C)OC(=O)N1C[C@@H](Nc2nccc(C(F)(F)F)n2)C[C@H]1C(=O)N1CCC[C@H]1C#N. The summed E-state index contributed by atoms with van der Waals surface area (Å²) < 4.78 is 44.3. The van der Waals surface area contributed by atoms with E-state index in [1.807, 2.05) is 0 Å². The fourth-order valence-corrected chi connectivity index (χ4v) is 3.82. The number of likely N-dealkylation sites (tertiary alicyclic amines) is 2. The predicted octanol–water partition coefficient (Wildman–Crippen LogP) is 2.80. The zero-order chi connectivity index (χ0) is 23.7. The van der Waals surface area contributed by atoms with Gasteiger partial charge in [0.15, 0.2) is 0 Å². The van der Waals surface area contributed by atoms with Gasteiger partial charge in [0.1, 0.15) is 23.4 Å². The number of ether oxygens (including phenoxy) is 1. The molecule has 0 aromatic carbocycles. The van der Waals surface area contributed by atoms with Crippen LogP contribution in [0.3, 0.4) is 0 Å². The first-order chi connectivity index (χ1) is 14.9. The summed E-state index contributed by atoms with van der Waals surface area (Å²) >= 11 is 0. The van der Waals surface area contributed by atoms with Crippen LogP contribution in [0.25, 0.3) is 0 Å². The number of aromatic nitrogens is 2. The lowest BCUT2D eigenvalue weighted by Gasteiger charge is -2.30. The monoisotopic (exact) mass is 454 g/mol. The van der Waals surface area contributed by atoms with Gasteiger partial charge >= 0.3 is 12.3 Å². The molecule has 2 saturated heterocycles. The lowest BCUT2D eigenvalue weighted by molar-refractivity contribution is -0.141. The Morgan fingerprint density at radius 2 is 2.00 bits per heavy atom. The van der Waals surface area contributed by atoms with Gasteiger partial charge in [0.05, 0.1) is 6.07 Å². The maximum Gasteiger partial charge on any atom is 0.433 e. The molecule has 0 radical (unpaired) electrons. The van der Waals surface area contributed by atoms with Crippen molar-refractivity contribution in [1.82, 2.24) is 19.8 Å². The molecule has 2 amide bonds. The highest BCUT2D eigenvalue weighted by atomic mass is 19.4. The summed E-state index contributed by atoms with van der Waals surface area (Å²) in [7, 11) is 0. The molecule has 12 heteroatoms. The standard InChI is InChI=1S/C20H25F3N6O3/c1-19(2,3)32-18(31)29-11-12(26-17-25-7-6-15(27-17)20(21,22)23)9-14(29)16(30)28-8-4-5-13(28)10-24/h6-7,12-14H,4-5,8-9,11H2,1-3H3,(H,25,26,27)/t12-,13-,14-/m0/s1. The van der Waals surface area contributed by atoms with E-state index in [1.165, 1.54) is 9.80 Å². The Morgan fingerprint density at radius 3 is 2.62 bits per heavy atom. The highest BCUT2D eigenvalue weighted by Crippen LogP contribution is 2.30. The molecule has 0 unspecified atom stereocenters. The number of rotatable bonds is 3. The smallest absolute Gasteiger partial charge is 0.433 e. The van der Waals surface area contributed by atoms with Crippen molar-refractivity contribution in [3.05, 3.63) is 18.0 Å². The van der Waals surface area contributed by atoms with Crippen LogP contribution >= 0.6 is 0 Å². The third kappa shape index (κ3) is 5.38. The average molecular weight is 454 g/mol. The molecule has 2 fully saturated rings. The van der Waals surface area contributed by atoms with Crippen molar-refractivity contribution in [2.75, 3.05) is 18.4 Å². The van der Waals surface area contributed by atoms with Crippen LogP contribution in [0.5, 0.6) is 0 Å². The Kier molecular flexibility index (Phi) is 6.48. The molecule has 0 saturated carbocycles. The van der Waals surface area contributed by atoms with Gasteiger partial charge in [-0.25, -0.2) is 14.8 Å². The lowest BCUT2D eigenvalue weighted by Crippen LogP contribution is -2.50. The summed E-state index contributed by atoms with van der Waals surface area (Å²) in [5.41, 5.74) is -1.90. The number of halogens is 3. The van der Waals surface area contributed by atoms with Gasteiger partial charge in [0.25, 0.3) is 0 Å². The first-order valence-electron chi connectivity index (χ1n) is 10.3. The summed E-state index contributed by atoms with van der Waals surface area (Å²) in [5, 5.41) is 12.1. The number of nitriles is 1. The van der Waals surface area contributed by atoms with Crippen molar-refractivity contribution < 1.29 is 27.5 Å². The van der Waals surface area contributed by atoms with E-state index in [0.29, 0.717) is 19.4 Å². The molecule has 1 aromatic heterocycles. The molecule has 3 heterocycles. The van der Waals surface area contributed by atoms with Gasteiger partial charge in [-0.2, -0.15) is 18.4 Å². The summed E-state index contributed by atoms with van der Waals surface area (Å²) in [6.07, 6.45) is -2.99. The fourth-order valence-electron chi connectivity index (χ4n) is 3.82. The molecule has 1 N–H and O–H groups in total. The Labute approximate surface area is 183 Å². The number of nitrogens with zero attached hydrogens (tertiary/aromatic N) is 5. The number of nitrogens with one attached hydrogen (secondary N) is 1. The van der Waals surface area contributed by atoms with Crippen LogP contribution in [0, 0.1) is 11.3 Å². The second kappa shape index (κ2) is 8.80. The first kappa shape index (κ1) is 23.6. The lowest BCUT2D eigenvalue weighted by atomic mass is 10.1. The van der Waals surface area contributed by atoms with Gasteiger partial charge < -0.3 is 15.0 Å².